The molecule has 2 saturated heterocycles. The molecule has 2 heterocycles. The van der Waals surface area contributed by atoms with E-state index >= 15 is 0 Å². The highest BCUT2D eigenvalue weighted by Crippen LogP contribution is 2.49. The van der Waals surface area contributed by atoms with E-state index in [0.29, 0.717) is 12.0 Å². The van der Waals surface area contributed by atoms with Crippen molar-refractivity contribution in [1.29, 1.82) is 0 Å². The van der Waals surface area contributed by atoms with Crippen LogP contribution >= 0.6 is 0 Å². The molecule has 5 heteroatoms. The Morgan fingerprint density at radius 2 is 2.30 bits per heavy atom. The summed E-state index contributed by atoms with van der Waals surface area (Å²) in [7, 11) is 0. The van der Waals surface area contributed by atoms with E-state index in [1.165, 1.54) is 0 Å². The van der Waals surface area contributed by atoms with Crippen LogP contribution in [0.5, 0.6) is 0 Å². The van der Waals surface area contributed by atoms with Gasteiger partial charge in [0.05, 0.1) is 24.2 Å². The van der Waals surface area contributed by atoms with Crippen LogP contribution in [-0.4, -0.2) is 46.7 Å². The Hall–Kier alpha value is -1.17. The first kappa shape index (κ1) is 13.8. The highest BCUT2D eigenvalue weighted by atomic mass is 16.6. The molecule has 110 valence electrons. The number of allylic oxidation sites excluding steroid dienone is 1. The van der Waals surface area contributed by atoms with Crippen molar-refractivity contribution in [2.45, 2.75) is 50.1 Å². The van der Waals surface area contributed by atoms with Gasteiger partial charge < -0.3 is 19.7 Å². The molecule has 2 aliphatic heterocycles. The SMILES string of the molecule is C=C1C(=O)O[C@H]2[C@H]1[C@H](O)C/C(CO)=C\CC[C@@]1(C)O[C@H]21. The molecule has 2 fully saturated rings. The van der Waals surface area contributed by atoms with Gasteiger partial charge in [-0.3, -0.25) is 0 Å². The van der Waals surface area contributed by atoms with Crippen molar-refractivity contribution in [3.05, 3.63) is 23.8 Å². The van der Waals surface area contributed by atoms with Crippen molar-refractivity contribution >= 4 is 5.97 Å². The summed E-state index contributed by atoms with van der Waals surface area (Å²) >= 11 is 0. The number of rotatable bonds is 1. The van der Waals surface area contributed by atoms with Crippen LogP contribution in [0.15, 0.2) is 23.8 Å². The molecule has 1 aliphatic carbocycles. The molecule has 0 amide bonds. The van der Waals surface area contributed by atoms with Crippen LogP contribution in [-0.2, 0) is 14.3 Å². The van der Waals surface area contributed by atoms with Gasteiger partial charge in [-0.2, -0.15) is 0 Å². The third kappa shape index (κ3) is 2.10. The molecule has 0 aromatic heterocycles. The third-order valence-electron chi connectivity index (χ3n) is 4.66. The maximum Gasteiger partial charge on any atom is 0.334 e. The lowest BCUT2D eigenvalue weighted by atomic mass is 9.82. The number of epoxide rings is 1. The molecule has 0 saturated carbocycles. The number of aliphatic hydroxyl groups is 2. The van der Waals surface area contributed by atoms with Crippen molar-refractivity contribution in [2.75, 3.05) is 6.61 Å². The number of ether oxygens (including phenoxy) is 2. The predicted octanol–water partition coefficient (Wildman–Crippen LogP) is 0.705. The minimum atomic E-state index is -0.788. The van der Waals surface area contributed by atoms with Gasteiger partial charge in [0.2, 0.25) is 0 Å². The van der Waals surface area contributed by atoms with E-state index < -0.39 is 24.1 Å². The van der Waals surface area contributed by atoms with Gasteiger partial charge in [-0.1, -0.05) is 12.7 Å². The first-order chi connectivity index (χ1) is 9.46. The van der Waals surface area contributed by atoms with Crippen molar-refractivity contribution in [3.63, 3.8) is 0 Å². The fourth-order valence-electron chi connectivity index (χ4n) is 3.35. The van der Waals surface area contributed by atoms with Gasteiger partial charge in [0.15, 0.2) is 0 Å². The van der Waals surface area contributed by atoms with Crippen LogP contribution in [0.3, 0.4) is 0 Å². The first-order valence-electron chi connectivity index (χ1n) is 7.00. The fraction of sp³-hybridized carbons (Fsp3) is 0.667. The van der Waals surface area contributed by atoms with Gasteiger partial charge in [0.25, 0.3) is 0 Å². The summed E-state index contributed by atoms with van der Waals surface area (Å²) in [4.78, 5) is 11.7. The number of hydrogen-bond acceptors (Lipinski definition) is 5. The van der Waals surface area contributed by atoms with Crippen LogP contribution in [0.1, 0.15) is 26.2 Å². The van der Waals surface area contributed by atoms with E-state index in [1.807, 2.05) is 13.0 Å². The van der Waals surface area contributed by atoms with E-state index in [0.717, 1.165) is 18.4 Å². The minimum absolute atomic E-state index is 0.0866. The Kier molecular flexibility index (Phi) is 3.23. The number of aliphatic hydroxyl groups excluding tert-OH is 2. The van der Waals surface area contributed by atoms with Gasteiger partial charge in [-0.05, 0) is 31.8 Å². The zero-order valence-electron chi connectivity index (χ0n) is 11.5. The van der Waals surface area contributed by atoms with Crippen molar-refractivity contribution in [2.24, 2.45) is 5.92 Å². The molecule has 5 nitrogen and oxygen atoms in total. The molecule has 0 radical (unpaired) electrons. The van der Waals surface area contributed by atoms with Crippen LogP contribution in [0.2, 0.25) is 0 Å². The molecular formula is C15H20O5. The minimum Gasteiger partial charge on any atom is -0.455 e. The molecule has 0 aromatic carbocycles. The largest absolute Gasteiger partial charge is 0.455 e. The van der Waals surface area contributed by atoms with Crippen LogP contribution < -0.4 is 0 Å². The van der Waals surface area contributed by atoms with Gasteiger partial charge in [-0.15, -0.1) is 0 Å². The standard InChI is InChI=1S/C15H20O5/c1-8-11-10(17)6-9(7-16)4-3-5-15(2)13(20-15)12(11)19-14(8)18/h4,10-13,16-17H,1,3,5-7H2,2H3/b9-4+/t10-,11-,12+,13-,15-/m1/s1. The van der Waals surface area contributed by atoms with E-state index in [1.54, 1.807) is 0 Å². The maximum absolute atomic E-state index is 11.7. The van der Waals surface area contributed by atoms with Crippen LogP contribution in [0, 0.1) is 5.92 Å². The lowest BCUT2D eigenvalue weighted by molar-refractivity contribution is -0.140. The van der Waals surface area contributed by atoms with Gasteiger partial charge in [0, 0.05) is 5.57 Å². The normalized spacial score (nSPS) is 46.9. The molecule has 5 atom stereocenters. The van der Waals surface area contributed by atoms with Crippen LogP contribution in [0.4, 0.5) is 0 Å². The third-order valence-corrected chi connectivity index (χ3v) is 4.66. The number of carbonyl (C=O) groups excluding carboxylic acids is 1. The van der Waals surface area contributed by atoms with E-state index in [-0.39, 0.29) is 18.3 Å². The molecule has 0 spiro atoms. The van der Waals surface area contributed by atoms with Gasteiger partial charge in [0.1, 0.15) is 12.2 Å². The Labute approximate surface area is 117 Å². The summed E-state index contributed by atoms with van der Waals surface area (Å²) in [5.74, 6) is -0.909. The van der Waals surface area contributed by atoms with Gasteiger partial charge in [-0.25, -0.2) is 4.79 Å². The summed E-state index contributed by atoms with van der Waals surface area (Å²) in [5.41, 5.74) is 0.770. The van der Waals surface area contributed by atoms with E-state index in [2.05, 4.69) is 6.58 Å². The molecule has 2 N–H and O–H groups in total. The summed E-state index contributed by atoms with van der Waals surface area (Å²) in [6.07, 6.45) is 2.45. The summed E-state index contributed by atoms with van der Waals surface area (Å²) in [6, 6.07) is 0. The average molecular weight is 280 g/mol. The Balaban J connectivity index is 1.92. The second kappa shape index (κ2) is 4.69. The molecule has 0 aromatic rings. The molecular weight excluding hydrogens is 260 g/mol. The Morgan fingerprint density at radius 1 is 1.55 bits per heavy atom. The van der Waals surface area contributed by atoms with E-state index in [4.69, 9.17) is 9.47 Å². The number of hydrogen-bond donors (Lipinski definition) is 2. The highest BCUT2D eigenvalue weighted by molar-refractivity contribution is 5.91. The van der Waals surface area contributed by atoms with Crippen molar-refractivity contribution in [1.82, 2.24) is 0 Å². The topological polar surface area (TPSA) is 79.3 Å². The van der Waals surface area contributed by atoms with Crippen LogP contribution in [0.25, 0.3) is 0 Å². The average Bonchev–Trinajstić information content (AvgIpc) is 2.98. The second-order valence-electron chi connectivity index (χ2n) is 6.10. The second-order valence-corrected chi connectivity index (χ2v) is 6.10. The lowest BCUT2D eigenvalue weighted by Crippen LogP contribution is -2.36. The van der Waals surface area contributed by atoms with Gasteiger partial charge >= 0.3 is 5.97 Å². The molecule has 0 unspecified atom stereocenters. The Bertz CT molecular complexity index is 483. The van der Waals surface area contributed by atoms with Crippen molar-refractivity contribution < 1.29 is 24.5 Å². The summed E-state index contributed by atoms with van der Waals surface area (Å²) in [6.45, 7) is 5.65. The number of esters is 1. The molecule has 3 rings (SSSR count). The highest BCUT2D eigenvalue weighted by Gasteiger charge is 2.62. The Morgan fingerprint density at radius 3 is 3.00 bits per heavy atom. The summed E-state index contributed by atoms with van der Waals surface area (Å²) < 4.78 is 11.1. The lowest BCUT2D eigenvalue weighted by Gasteiger charge is -2.24. The predicted molar refractivity (Wildman–Crippen MR) is 70.8 cm³/mol. The maximum atomic E-state index is 11.7. The first-order valence-corrected chi connectivity index (χ1v) is 7.00. The molecule has 20 heavy (non-hydrogen) atoms. The smallest absolute Gasteiger partial charge is 0.334 e. The fourth-order valence-corrected chi connectivity index (χ4v) is 3.35. The quantitative estimate of drug-likeness (QED) is 0.320. The summed E-state index contributed by atoms with van der Waals surface area (Å²) in [5, 5.41) is 19.8. The molecule has 3 aliphatic rings. The number of carbonyl (C=O) groups is 1. The number of fused-ring (bicyclic) bond motifs is 3. The molecule has 0 bridgehead atoms. The zero-order chi connectivity index (χ0) is 14.5. The van der Waals surface area contributed by atoms with Crippen molar-refractivity contribution in [3.8, 4) is 0 Å². The van der Waals surface area contributed by atoms with E-state index in [9.17, 15) is 15.0 Å². The monoisotopic (exact) mass is 280 g/mol. The zero-order valence-corrected chi connectivity index (χ0v) is 11.5.